The van der Waals surface area contributed by atoms with E-state index in [2.05, 4.69) is 29.3 Å². The number of likely N-dealkylation sites (N-methyl/N-ethyl adjacent to an activating group) is 1. The zero-order valence-corrected chi connectivity index (χ0v) is 21.4. The molecule has 1 aliphatic rings. The number of amides is 2. The third kappa shape index (κ3) is 5.07. The summed E-state index contributed by atoms with van der Waals surface area (Å²) in [4.78, 5) is 36.0. The summed E-state index contributed by atoms with van der Waals surface area (Å²) in [5.41, 5.74) is 3.90. The van der Waals surface area contributed by atoms with Crippen molar-refractivity contribution in [3.05, 3.63) is 96.3 Å². The standard InChI is InChI=1S/C30H33N5O2/c1-3-33(24-14-8-5-9-15-24)19-18-31-28(36)20-27-30(37)34(21-23-12-6-4-7-13-23)22(2)29-32-25-16-10-11-17-26(25)35(27)29/h4-17,22,27H,3,18-21H2,1-2H3,(H,31,36)/t22-,27+/m0/s1. The summed E-state index contributed by atoms with van der Waals surface area (Å²) in [5.74, 6) is 0.623. The molecule has 5 rings (SSSR count). The Morgan fingerprint density at radius 1 is 0.973 bits per heavy atom. The highest BCUT2D eigenvalue weighted by Crippen LogP contribution is 2.37. The number of benzene rings is 3. The number of carbonyl (C=O) groups is 2. The molecule has 37 heavy (non-hydrogen) atoms. The van der Waals surface area contributed by atoms with E-state index in [0.717, 1.165) is 34.7 Å². The number of hydrogen-bond acceptors (Lipinski definition) is 4. The fourth-order valence-corrected chi connectivity index (χ4v) is 5.18. The van der Waals surface area contributed by atoms with Crippen molar-refractivity contribution in [3.8, 4) is 0 Å². The van der Waals surface area contributed by atoms with Crippen molar-refractivity contribution in [2.45, 2.75) is 38.9 Å². The zero-order chi connectivity index (χ0) is 25.8. The van der Waals surface area contributed by atoms with Crippen LogP contribution in [0.1, 0.15) is 43.7 Å². The van der Waals surface area contributed by atoms with Gasteiger partial charge in [0.05, 0.1) is 23.5 Å². The van der Waals surface area contributed by atoms with Gasteiger partial charge >= 0.3 is 0 Å². The summed E-state index contributed by atoms with van der Waals surface area (Å²) in [6, 6.07) is 27.1. The van der Waals surface area contributed by atoms with Crippen LogP contribution in [0.4, 0.5) is 5.69 Å². The minimum atomic E-state index is -0.640. The number of para-hydroxylation sites is 3. The Bertz CT molecular complexity index is 1370. The molecule has 0 saturated heterocycles. The van der Waals surface area contributed by atoms with E-state index in [0.29, 0.717) is 19.6 Å². The first-order valence-electron chi connectivity index (χ1n) is 12.9. The number of fused-ring (bicyclic) bond motifs is 3. The average Bonchev–Trinajstić information content (AvgIpc) is 3.32. The number of nitrogens with one attached hydrogen (secondary N) is 1. The Morgan fingerprint density at radius 2 is 1.65 bits per heavy atom. The van der Waals surface area contributed by atoms with Crippen LogP contribution in [0.2, 0.25) is 0 Å². The molecule has 0 radical (unpaired) electrons. The topological polar surface area (TPSA) is 70.5 Å². The lowest BCUT2D eigenvalue weighted by atomic mass is 10.0. The van der Waals surface area contributed by atoms with Crippen LogP contribution in [0, 0.1) is 0 Å². The van der Waals surface area contributed by atoms with E-state index in [1.54, 1.807) is 0 Å². The molecule has 190 valence electrons. The zero-order valence-electron chi connectivity index (χ0n) is 21.4. The minimum absolute atomic E-state index is 0.0540. The van der Waals surface area contributed by atoms with Gasteiger partial charge in [-0.15, -0.1) is 0 Å². The van der Waals surface area contributed by atoms with Crippen molar-refractivity contribution in [1.82, 2.24) is 19.8 Å². The third-order valence-electron chi connectivity index (χ3n) is 7.13. The summed E-state index contributed by atoms with van der Waals surface area (Å²) >= 11 is 0. The molecule has 4 aromatic rings. The fraction of sp³-hybridized carbons (Fsp3) is 0.300. The number of anilines is 1. The lowest BCUT2D eigenvalue weighted by Gasteiger charge is -2.38. The molecule has 1 aromatic heterocycles. The number of rotatable bonds is 9. The second kappa shape index (κ2) is 10.9. The molecule has 0 saturated carbocycles. The summed E-state index contributed by atoms with van der Waals surface area (Å²) in [7, 11) is 0. The Labute approximate surface area is 217 Å². The highest BCUT2D eigenvalue weighted by Gasteiger charge is 2.40. The van der Waals surface area contributed by atoms with E-state index >= 15 is 0 Å². The van der Waals surface area contributed by atoms with Gasteiger partial charge in [0.25, 0.3) is 0 Å². The van der Waals surface area contributed by atoms with Crippen molar-refractivity contribution in [3.63, 3.8) is 0 Å². The molecule has 0 fully saturated rings. The van der Waals surface area contributed by atoms with Crippen LogP contribution >= 0.6 is 0 Å². The number of carbonyl (C=O) groups excluding carboxylic acids is 2. The molecule has 1 N–H and O–H groups in total. The van der Waals surface area contributed by atoms with E-state index in [1.807, 2.05) is 89.2 Å². The molecule has 2 amide bonds. The van der Waals surface area contributed by atoms with Gasteiger partial charge in [0, 0.05) is 31.9 Å². The monoisotopic (exact) mass is 495 g/mol. The number of imidazole rings is 1. The van der Waals surface area contributed by atoms with Crippen molar-refractivity contribution in [2.24, 2.45) is 0 Å². The van der Waals surface area contributed by atoms with Crippen LogP contribution in [-0.2, 0) is 16.1 Å². The molecule has 7 nitrogen and oxygen atoms in total. The summed E-state index contributed by atoms with van der Waals surface area (Å²) in [5, 5.41) is 3.05. The Morgan fingerprint density at radius 3 is 2.38 bits per heavy atom. The first-order valence-corrected chi connectivity index (χ1v) is 12.9. The van der Waals surface area contributed by atoms with E-state index in [9.17, 15) is 9.59 Å². The molecule has 7 heteroatoms. The predicted octanol–water partition coefficient (Wildman–Crippen LogP) is 4.71. The highest BCUT2D eigenvalue weighted by atomic mass is 16.2. The number of aromatic nitrogens is 2. The van der Waals surface area contributed by atoms with Crippen LogP contribution in [0.25, 0.3) is 11.0 Å². The third-order valence-corrected chi connectivity index (χ3v) is 7.13. The number of nitrogens with zero attached hydrogens (tertiary/aromatic N) is 4. The Hall–Kier alpha value is -4.13. The molecule has 1 aliphatic heterocycles. The first kappa shape index (κ1) is 24.6. The second-order valence-electron chi connectivity index (χ2n) is 9.44. The van der Waals surface area contributed by atoms with E-state index < -0.39 is 6.04 Å². The molecule has 2 heterocycles. The second-order valence-corrected chi connectivity index (χ2v) is 9.44. The van der Waals surface area contributed by atoms with Crippen molar-refractivity contribution < 1.29 is 9.59 Å². The fourth-order valence-electron chi connectivity index (χ4n) is 5.18. The lowest BCUT2D eigenvalue weighted by Crippen LogP contribution is -2.46. The van der Waals surface area contributed by atoms with Gasteiger partial charge in [-0.25, -0.2) is 4.98 Å². The van der Waals surface area contributed by atoms with Crippen molar-refractivity contribution >= 4 is 28.5 Å². The summed E-state index contributed by atoms with van der Waals surface area (Å²) < 4.78 is 1.98. The quantitative estimate of drug-likeness (QED) is 0.365. The van der Waals surface area contributed by atoms with Crippen LogP contribution in [0.5, 0.6) is 0 Å². The molecule has 0 aliphatic carbocycles. The van der Waals surface area contributed by atoms with Gasteiger partial charge in [0.15, 0.2) is 0 Å². The van der Waals surface area contributed by atoms with Crippen molar-refractivity contribution in [1.29, 1.82) is 0 Å². The van der Waals surface area contributed by atoms with Gasteiger partial charge in [0.1, 0.15) is 11.9 Å². The molecule has 0 unspecified atom stereocenters. The van der Waals surface area contributed by atoms with Crippen molar-refractivity contribution in [2.75, 3.05) is 24.5 Å². The lowest BCUT2D eigenvalue weighted by molar-refractivity contribution is -0.142. The largest absolute Gasteiger partial charge is 0.370 e. The van der Waals surface area contributed by atoms with E-state index in [4.69, 9.17) is 4.98 Å². The van der Waals surface area contributed by atoms with Gasteiger partial charge in [-0.2, -0.15) is 0 Å². The molecule has 3 aromatic carbocycles. The number of hydrogen-bond donors (Lipinski definition) is 1. The Kier molecular flexibility index (Phi) is 7.21. The highest BCUT2D eigenvalue weighted by molar-refractivity contribution is 5.90. The van der Waals surface area contributed by atoms with E-state index in [1.165, 1.54) is 0 Å². The van der Waals surface area contributed by atoms with Gasteiger partial charge in [-0.05, 0) is 43.7 Å². The molecular formula is C30H33N5O2. The maximum Gasteiger partial charge on any atom is 0.247 e. The van der Waals surface area contributed by atoms with Crippen LogP contribution < -0.4 is 10.2 Å². The van der Waals surface area contributed by atoms with Gasteiger partial charge in [0.2, 0.25) is 11.8 Å². The van der Waals surface area contributed by atoms with Gasteiger partial charge < -0.3 is 19.7 Å². The summed E-state index contributed by atoms with van der Waals surface area (Å²) in [6.45, 7) is 6.63. The minimum Gasteiger partial charge on any atom is -0.370 e. The smallest absolute Gasteiger partial charge is 0.247 e. The maximum atomic E-state index is 13.9. The maximum absolute atomic E-state index is 13.9. The van der Waals surface area contributed by atoms with Crippen LogP contribution in [-0.4, -0.2) is 45.9 Å². The SMILES string of the molecule is CCN(CCNC(=O)C[C@@H]1C(=O)N(Cc2ccccc2)[C@@H](C)c2nc3ccccc3n21)c1ccccc1. The van der Waals surface area contributed by atoms with Crippen LogP contribution in [0.15, 0.2) is 84.9 Å². The van der Waals surface area contributed by atoms with Crippen LogP contribution in [0.3, 0.4) is 0 Å². The summed E-state index contributed by atoms with van der Waals surface area (Å²) in [6.07, 6.45) is 0.0711. The molecule has 0 bridgehead atoms. The average molecular weight is 496 g/mol. The predicted molar refractivity (Wildman–Crippen MR) is 146 cm³/mol. The first-order chi connectivity index (χ1) is 18.1. The van der Waals surface area contributed by atoms with Gasteiger partial charge in [-0.1, -0.05) is 60.7 Å². The molecule has 0 spiro atoms. The van der Waals surface area contributed by atoms with Gasteiger partial charge in [-0.3, -0.25) is 9.59 Å². The molecular weight excluding hydrogens is 462 g/mol. The Balaban J connectivity index is 1.35. The van der Waals surface area contributed by atoms with E-state index in [-0.39, 0.29) is 24.3 Å². The normalized spacial score (nSPS) is 17.0. The molecule has 2 atom stereocenters.